The van der Waals surface area contributed by atoms with Crippen LogP contribution in [0.4, 0.5) is 0 Å². The first-order valence-electron chi connectivity index (χ1n) is 7.92. The summed E-state index contributed by atoms with van der Waals surface area (Å²) < 4.78 is 3.60. The molecule has 25 heavy (non-hydrogen) atoms. The SMILES string of the molecule is Cc1cc(C)n2nc(C#Cc3nc(-c4ccccc4)cn3C)nc2n1. The molecule has 122 valence electrons. The van der Waals surface area contributed by atoms with Crippen LogP contribution >= 0.6 is 0 Å². The van der Waals surface area contributed by atoms with E-state index >= 15 is 0 Å². The number of hydrogen-bond acceptors (Lipinski definition) is 4. The Labute approximate surface area is 145 Å². The van der Waals surface area contributed by atoms with Gasteiger partial charge in [0.25, 0.3) is 5.78 Å². The third kappa shape index (κ3) is 2.88. The fraction of sp³-hybridized carbons (Fsp3) is 0.158. The van der Waals surface area contributed by atoms with Crippen LogP contribution in [0, 0.1) is 25.7 Å². The van der Waals surface area contributed by atoms with E-state index < -0.39 is 0 Å². The van der Waals surface area contributed by atoms with Gasteiger partial charge in [0.1, 0.15) is 0 Å². The van der Waals surface area contributed by atoms with Crippen LogP contribution in [0.3, 0.4) is 0 Å². The Balaban J connectivity index is 1.70. The standard InChI is InChI=1S/C19H16N6/c1-13-11-14(2)25-19(20-13)22-17(23-25)9-10-18-21-16(12-24(18)3)15-7-5-4-6-8-15/h4-8,11-12H,1-3H3. The fourth-order valence-electron chi connectivity index (χ4n) is 2.66. The van der Waals surface area contributed by atoms with Crippen molar-refractivity contribution in [3.8, 4) is 23.1 Å². The fourth-order valence-corrected chi connectivity index (χ4v) is 2.66. The predicted molar refractivity (Wildman–Crippen MR) is 94.9 cm³/mol. The average Bonchev–Trinajstić information content (AvgIpc) is 3.17. The second-order valence-electron chi connectivity index (χ2n) is 5.86. The highest BCUT2D eigenvalue weighted by molar-refractivity contribution is 5.59. The zero-order chi connectivity index (χ0) is 17.4. The van der Waals surface area contributed by atoms with E-state index in [9.17, 15) is 0 Å². The Morgan fingerprint density at radius 1 is 0.960 bits per heavy atom. The van der Waals surface area contributed by atoms with Crippen LogP contribution in [0.25, 0.3) is 17.0 Å². The summed E-state index contributed by atoms with van der Waals surface area (Å²) in [6, 6.07) is 12.0. The molecule has 0 saturated heterocycles. The molecule has 6 heteroatoms. The maximum atomic E-state index is 4.59. The second-order valence-corrected chi connectivity index (χ2v) is 5.86. The molecule has 0 fully saturated rings. The number of imidazole rings is 1. The smallest absolute Gasteiger partial charge is 0.253 e. The minimum Gasteiger partial charge on any atom is -0.327 e. The van der Waals surface area contributed by atoms with Gasteiger partial charge in [-0.3, -0.25) is 0 Å². The van der Waals surface area contributed by atoms with E-state index in [4.69, 9.17) is 0 Å². The summed E-state index contributed by atoms with van der Waals surface area (Å²) >= 11 is 0. The molecule has 0 aliphatic heterocycles. The molecule has 0 saturated carbocycles. The van der Waals surface area contributed by atoms with Gasteiger partial charge in [0, 0.05) is 30.2 Å². The largest absolute Gasteiger partial charge is 0.327 e. The third-order valence-electron chi connectivity index (χ3n) is 3.85. The first-order valence-corrected chi connectivity index (χ1v) is 7.92. The van der Waals surface area contributed by atoms with Crippen molar-refractivity contribution < 1.29 is 0 Å². The first kappa shape index (κ1) is 15.1. The van der Waals surface area contributed by atoms with Crippen molar-refractivity contribution in [2.24, 2.45) is 7.05 Å². The van der Waals surface area contributed by atoms with Crippen LogP contribution in [-0.4, -0.2) is 29.1 Å². The van der Waals surface area contributed by atoms with Crippen molar-refractivity contribution in [1.82, 2.24) is 29.1 Å². The lowest BCUT2D eigenvalue weighted by Crippen LogP contribution is -1.97. The third-order valence-corrected chi connectivity index (χ3v) is 3.85. The number of hydrogen-bond donors (Lipinski definition) is 0. The van der Waals surface area contributed by atoms with Crippen molar-refractivity contribution in [2.75, 3.05) is 0 Å². The molecule has 0 unspecified atom stereocenters. The zero-order valence-corrected chi connectivity index (χ0v) is 14.2. The molecule has 4 aromatic rings. The minimum atomic E-state index is 0.436. The van der Waals surface area contributed by atoms with Crippen molar-refractivity contribution in [2.45, 2.75) is 13.8 Å². The van der Waals surface area contributed by atoms with Gasteiger partial charge in [-0.1, -0.05) is 30.3 Å². The van der Waals surface area contributed by atoms with Gasteiger partial charge in [-0.25, -0.2) is 14.5 Å². The summed E-state index contributed by atoms with van der Waals surface area (Å²) in [6.45, 7) is 3.91. The molecule has 0 atom stereocenters. The zero-order valence-electron chi connectivity index (χ0n) is 14.2. The number of fused-ring (bicyclic) bond motifs is 1. The van der Waals surface area contributed by atoms with E-state index in [0.29, 0.717) is 17.4 Å². The van der Waals surface area contributed by atoms with Gasteiger partial charge >= 0.3 is 0 Å². The molecule has 0 bridgehead atoms. The summed E-state index contributed by atoms with van der Waals surface area (Å²) in [7, 11) is 1.93. The van der Waals surface area contributed by atoms with E-state index in [1.807, 2.05) is 68.1 Å². The van der Waals surface area contributed by atoms with Gasteiger partial charge in [0.15, 0.2) is 5.82 Å². The van der Waals surface area contributed by atoms with Crippen molar-refractivity contribution in [1.29, 1.82) is 0 Å². The summed E-state index contributed by atoms with van der Waals surface area (Å²) in [4.78, 5) is 13.3. The average molecular weight is 328 g/mol. The number of nitrogens with zero attached hydrogens (tertiary/aromatic N) is 6. The van der Waals surface area contributed by atoms with Gasteiger partial charge in [-0.2, -0.15) is 4.98 Å². The van der Waals surface area contributed by atoms with E-state index in [-0.39, 0.29) is 0 Å². The summed E-state index contributed by atoms with van der Waals surface area (Å²) in [6.07, 6.45) is 1.96. The van der Waals surface area contributed by atoms with Gasteiger partial charge < -0.3 is 4.57 Å². The Hall–Kier alpha value is -3.46. The highest BCUT2D eigenvalue weighted by Gasteiger charge is 2.07. The molecule has 6 nitrogen and oxygen atoms in total. The molecule has 0 aliphatic carbocycles. The molecule has 0 N–H and O–H groups in total. The van der Waals surface area contributed by atoms with E-state index in [0.717, 1.165) is 22.6 Å². The van der Waals surface area contributed by atoms with Crippen LogP contribution in [0.2, 0.25) is 0 Å². The van der Waals surface area contributed by atoms with Gasteiger partial charge in [-0.05, 0) is 31.8 Å². The van der Waals surface area contributed by atoms with Crippen LogP contribution in [0.5, 0.6) is 0 Å². The summed E-state index contributed by atoms with van der Waals surface area (Å²) in [5.74, 6) is 7.70. The number of benzene rings is 1. The van der Waals surface area contributed by atoms with Crippen molar-refractivity contribution in [3.63, 3.8) is 0 Å². The first-order chi connectivity index (χ1) is 12.1. The Morgan fingerprint density at radius 2 is 1.76 bits per heavy atom. The second kappa shape index (κ2) is 5.87. The predicted octanol–water partition coefficient (Wildman–Crippen LogP) is 2.54. The summed E-state index contributed by atoms with van der Waals surface area (Å²) in [5, 5.41) is 4.40. The number of aryl methyl sites for hydroxylation is 3. The molecular weight excluding hydrogens is 312 g/mol. The number of rotatable bonds is 1. The molecule has 0 amide bonds. The molecular formula is C19H16N6. The highest BCUT2D eigenvalue weighted by Crippen LogP contribution is 2.17. The molecule has 1 aromatic carbocycles. The summed E-state index contributed by atoms with van der Waals surface area (Å²) in [5.41, 5.74) is 3.84. The van der Waals surface area contributed by atoms with E-state index in [2.05, 4.69) is 31.9 Å². The van der Waals surface area contributed by atoms with Crippen LogP contribution in [-0.2, 0) is 7.05 Å². The van der Waals surface area contributed by atoms with Gasteiger partial charge in [0.2, 0.25) is 5.82 Å². The maximum Gasteiger partial charge on any atom is 0.253 e. The lowest BCUT2D eigenvalue weighted by molar-refractivity contribution is 0.879. The molecule has 3 heterocycles. The highest BCUT2D eigenvalue weighted by atomic mass is 15.3. The lowest BCUT2D eigenvalue weighted by atomic mass is 10.2. The molecule has 0 radical (unpaired) electrons. The van der Waals surface area contributed by atoms with Crippen LogP contribution in [0.1, 0.15) is 23.0 Å². The van der Waals surface area contributed by atoms with Gasteiger partial charge in [-0.15, -0.1) is 5.10 Å². The number of aromatic nitrogens is 6. The van der Waals surface area contributed by atoms with Crippen LogP contribution in [0.15, 0.2) is 42.6 Å². The molecule has 0 aliphatic rings. The maximum absolute atomic E-state index is 4.59. The molecule has 3 aromatic heterocycles. The monoisotopic (exact) mass is 328 g/mol. The van der Waals surface area contributed by atoms with Crippen molar-refractivity contribution in [3.05, 3.63) is 65.6 Å². The lowest BCUT2D eigenvalue weighted by Gasteiger charge is -1.97. The quantitative estimate of drug-likeness (QED) is 0.504. The van der Waals surface area contributed by atoms with E-state index in [1.165, 1.54) is 0 Å². The Bertz CT molecular complexity index is 1130. The van der Waals surface area contributed by atoms with Gasteiger partial charge in [0.05, 0.1) is 5.69 Å². The molecule has 4 rings (SSSR count). The Kier molecular flexibility index (Phi) is 3.55. The molecule has 0 spiro atoms. The van der Waals surface area contributed by atoms with Crippen molar-refractivity contribution >= 4 is 5.78 Å². The minimum absolute atomic E-state index is 0.436. The Morgan fingerprint density at radius 3 is 2.56 bits per heavy atom. The van der Waals surface area contributed by atoms with E-state index in [1.54, 1.807) is 4.52 Å². The van der Waals surface area contributed by atoms with Crippen LogP contribution < -0.4 is 0 Å². The normalized spacial score (nSPS) is 10.7. The topological polar surface area (TPSA) is 60.9 Å².